The Morgan fingerprint density at radius 1 is 0.903 bits per heavy atom. The molecule has 0 bridgehead atoms. The van der Waals surface area contributed by atoms with Gasteiger partial charge in [0.15, 0.2) is 6.10 Å². The van der Waals surface area contributed by atoms with Crippen LogP contribution in [0.2, 0.25) is 20.1 Å². The summed E-state index contributed by atoms with van der Waals surface area (Å²) >= 11 is 25.1. The molecule has 2 rings (SSSR count). The van der Waals surface area contributed by atoms with E-state index in [1.807, 2.05) is 0 Å². The van der Waals surface area contributed by atoms with Crippen LogP contribution in [0.15, 0.2) is 30.3 Å². The van der Waals surface area contributed by atoms with Crippen LogP contribution in [0.4, 0.5) is 9.59 Å². The van der Waals surface area contributed by atoms with Gasteiger partial charge in [0.05, 0.1) is 17.2 Å². The van der Waals surface area contributed by atoms with Crippen molar-refractivity contribution in [1.82, 2.24) is 10.9 Å². The molecule has 31 heavy (non-hydrogen) atoms. The smallest absolute Gasteiger partial charge is 0.427 e. The normalized spacial score (nSPS) is 12.0. The summed E-state index contributed by atoms with van der Waals surface area (Å²) in [6.45, 7) is 5.03. The first kappa shape index (κ1) is 25.2. The lowest BCUT2D eigenvalue weighted by molar-refractivity contribution is 0.0475. The molecule has 0 aliphatic carbocycles. The molecule has 2 amide bonds. The number of rotatable bonds is 4. The van der Waals surface area contributed by atoms with Crippen molar-refractivity contribution in [3.05, 3.63) is 61.5 Å². The topological polar surface area (TPSA) is 85.9 Å². The second-order valence-corrected chi connectivity index (χ2v) is 8.87. The van der Waals surface area contributed by atoms with E-state index >= 15 is 0 Å². The Kier molecular flexibility index (Phi) is 8.54. The van der Waals surface area contributed by atoms with Crippen molar-refractivity contribution in [3.63, 3.8) is 0 Å². The Morgan fingerprint density at radius 3 is 2.00 bits per heavy atom. The largest absolute Gasteiger partial charge is 0.497 e. The number of hydrogen-bond donors (Lipinski definition) is 2. The number of amides is 2. The molecule has 2 aromatic rings. The number of nitrogens with one attached hydrogen (secondary N) is 2. The summed E-state index contributed by atoms with van der Waals surface area (Å²) in [5.41, 5.74) is 4.08. The standard InChI is InChI=1S/C20H20Cl4N2O5/c1-20(2,3)31-19(28)26-25-18(27)30-17(12-6-5-10(21)7-13(12)22)16-14(23)8-11(29-4)9-15(16)24/h5-9,17H,1-4H3,(H,25,27)(H,26,28)/t17-/m0/s1. The van der Waals surface area contributed by atoms with Crippen LogP contribution in [-0.2, 0) is 9.47 Å². The van der Waals surface area contributed by atoms with E-state index in [-0.39, 0.29) is 20.6 Å². The lowest BCUT2D eigenvalue weighted by atomic mass is 10.0. The number of methoxy groups -OCH3 is 1. The zero-order chi connectivity index (χ0) is 23.3. The van der Waals surface area contributed by atoms with E-state index in [2.05, 4.69) is 10.9 Å². The predicted molar refractivity (Wildman–Crippen MR) is 120 cm³/mol. The second-order valence-electron chi connectivity index (χ2n) is 7.21. The molecule has 0 aliphatic rings. The van der Waals surface area contributed by atoms with Crippen LogP contribution in [0.5, 0.6) is 5.75 Å². The van der Waals surface area contributed by atoms with Gasteiger partial charge in [-0.15, -0.1) is 0 Å². The lowest BCUT2D eigenvalue weighted by Gasteiger charge is -2.23. The lowest BCUT2D eigenvalue weighted by Crippen LogP contribution is -2.44. The summed E-state index contributed by atoms with van der Waals surface area (Å²) in [4.78, 5) is 24.2. The van der Waals surface area contributed by atoms with Crippen LogP contribution in [0.3, 0.4) is 0 Å². The zero-order valence-electron chi connectivity index (χ0n) is 17.0. The fraction of sp³-hybridized carbons (Fsp3) is 0.300. The SMILES string of the molecule is COc1cc(Cl)c([C@@H](OC(=O)NNC(=O)OC(C)(C)C)c2ccc(Cl)cc2Cl)c(Cl)c1. The minimum Gasteiger partial charge on any atom is -0.497 e. The molecular formula is C20H20Cl4N2O5. The highest BCUT2D eigenvalue weighted by Gasteiger charge is 2.28. The third-order valence-corrected chi connectivity index (χ3v) is 4.87. The highest BCUT2D eigenvalue weighted by molar-refractivity contribution is 6.37. The minimum atomic E-state index is -1.13. The van der Waals surface area contributed by atoms with Crippen molar-refractivity contribution < 1.29 is 23.8 Å². The quantitative estimate of drug-likeness (QED) is 0.455. The van der Waals surface area contributed by atoms with Gasteiger partial charge in [-0.1, -0.05) is 52.5 Å². The van der Waals surface area contributed by atoms with E-state index in [1.54, 1.807) is 32.9 Å². The van der Waals surface area contributed by atoms with E-state index in [9.17, 15) is 9.59 Å². The van der Waals surface area contributed by atoms with Gasteiger partial charge in [0.2, 0.25) is 0 Å². The van der Waals surface area contributed by atoms with Crippen molar-refractivity contribution in [2.24, 2.45) is 0 Å². The van der Waals surface area contributed by atoms with Crippen molar-refractivity contribution in [1.29, 1.82) is 0 Å². The average molecular weight is 510 g/mol. The molecule has 2 N–H and O–H groups in total. The highest BCUT2D eigenvalue weighted by Crippen LogP contribution is 2.41. The van der Waals surface area contributed by atoms with Crippen LogP contribution < -0.4 is 15.6 Å². The van der Waals surface area contributed by atoms with Gasteiger partial charge < -0.3 is 14.2 Å². The van der Waals surface area contributed by atoms with Crippen LogP contribution in [0.1, 0.15) is 38.0 Å². The molecule has 0 saturated heterocycles. The molecule has 0 unspecified atom stereocenters. The first-order chi connectivity index (χ1) is 14.4. The molecule has 168 valence electrons. The summed E-state index contributed by atoms with van der Waals surface area (Å²) in [7, 11) is 1.46. The van der Waals surface area contributed by atoms with Gasteiger partial charge in [0.25, 0.3) is 0 Å². The van der Waals surface area contributed by atoms with Crippen LogP contribution in [0.25, 0.3) is 0 Å². The fourth-order valence-electron chi connectivity index (χ4n) is 2.46. The Bertz CT molecular complexity index is 956. The van der Waals surface area contributed by atoms with E-state index < -0.39 is 23.9 Å². The summed E-state index contributed by atoms with van der Waals surface area (Å²) in [5, 5.41) is 0.949. The zero-order valence-corrected chi connectivity index (χ0v) is 20.0. The van der Waals surface area contributed by atoms with Crippen LogP contribution >= 0.6 is 46.4 Å². The molecule has 0 radical (unpaired) electrons. The van der Waals surface area contributed by atoms with Gasteiger partial charge in [-0.3, -0.25) is 0 Å². The number of carbonyl (C=O) groups is 2. The monoisotopic (exact) mass is 508 g/mol. The Hall–Kier alpha value is -2.06. The van der Waals surface area contributed by atoms with Crippen LogP contribution in [0, 0.1) is 0 Å². The number of ether oxygens (including phenoxy) is 3. The first-order valence-electron chi connectivity index (χ1n) is 8.84. The van der Waals surface area contributed by atoms with Crippen molar-refractivity contribution in [3.8, 4) is 5.75 Å². The van der Waals surface area contributed by atoms with Gasteiger partial charge >= 0.3 is 12.2 Å². The molecule has 11 heteroatoms. The average Bonchev–Trinajstić information content (AvgIpc) is 2.63. The Labute approximate surface area is 199 Å². The maximum absolute atomic E-state index is 12.4. The molecule has 7 nitrogen and oxygen atoms in total. The summed E-state index contributed by atoms with van der Waals surface area (Å²) < 4.78 is 15.7. The van der Waals surface area contributed by atoms with E-state index in [0.29, 0.717) is 16.3 Å². The fourth-order valence-corrected chi connectivity index (χ4v) is 3.64. The predicted octanol–water partition coefficient (Wildman–Crippen LogP) is 6.56. The molecule has 0 saturated carbocycles. The van der Waals surface area contributed by atoms with Gasteiger partial charge in [-0.25, -0.2) is 20.4 Å². The maximum Gasteiger partial charge on any atom is 0.427 e. The molecule has 0 heterocycles. The van der Waals surface area contributed by atoms with Crippen LogP contribution in [-0.4, -0.2) is 24.9 Å². The highest BCUT2D eigenvalue weighted by atomic mass is 35.5. The van der Waals surface area contributed by atoms with E-state index in [0.717, 1.165) is 0 Å². The van der Waals surface area contributed by atoms with E-state index in [1.165, 1.54) is 25.3 Å². The number of hydrazine groups is 1. The van der Waals surface area contributed by atoms with Gasteiger partial charge in [-0.2, -0.15) is 0 Å². The molecule has 1 atom stereocenters. The van der Waals surface area contributed by atoms with Gasteiger partial charge in [0.1, 0.15) is 11.4 Å². The Morgan fingerprint density at radius 2 is 1.48 bits per heavy atom. The number of benzene rings is 2. The van der Waals surface area contributed by atoms with Gasteiger partial charge in [0, 0.05) is 21.2 Å². The molecule has 0 spiro atoms. The number of hydrogen-bond acceptors (Lipinski definition) is 5. The molecule has 0 aromatic heterocycles. The second kappa shape index (κ2) is 10.5. The summed E-state index contributed by atoms with van der Waals surface area (Å²) in [6.07, 6.45) is -3.01. The number of carbonyl (C=O) groups excluding carboxylic acids is 2. The minimum absolute atomic E-state index is 0.174. The molecule has 0 fully saturated rings. The van der Waals surface area contributed by atoms with Crippen molar-refractivity contribution in [2.75, 3.05) is 7.11 Å². The third-order valence-electron chi connectivity index (χ3n) is 3.69. The molecule has 0 aliphatic heterocycles. The Balaban J connectivity index is 2.34. The van der Waals surface area contributed by atoms with E-state index in [4.69, 9.17) is 60.6 Å². The number of halogens is 4. The summed E-state index contributed by atoms with van der Waals surface area (Å²) in [6, 6.07) is 7.65. The third kappa shape index (κ3) is 7.25. The summed E-state index contributed by atoms with van der Waals surface area (Å²) in [5.74, 6) is 0.413. The van der Waals surface area contributed by atoms with Crippen molar-refractivity contribution in [2.45, 2.75) is 32.5 Å². The van der Waals surface area contributed by atoms with Crippen molar-refractivity contribution >= 4 is 58.6 Å². The molecular weight excluding hydrogens is 490 g/mol. The van der Waals surface area contributed by atoms with Gasteiger partial charge in [-0.05, 0) is 45.0 Å². The molecule has 2 aromatic carbocycles. The first-order valence-corrected chi connectivity index (χ1v) is 10.4. The maximum atomic E-state index is 12.4.